The second kappa shape index (κ2) is 6.10. The fourth-order valence-corrected chi connectivity index (χ4v) is 1.88. The van der Waals surface area contributed by atoms with Crippen LogP contribution in [-0.4, -0.2) is 20.4 Å². The van der Waals surface area contributed by atoms with Gasteiger partial charge in [-0.15, -0.1) is 4.68 Å². The van der Waals surface area contributed by atoms with Crippen molar-refractivity contribution in [2.45, 2.75) is 0 Å². The van der Waals surface area contributed by atoms with Crippen LogP contribution in [-0.2, 0) is 0 Å². The van der Waals surface area contributed by atoms with Crippen LogP contribution < -0.4 is 17.1 Å². The summed E-state index contributed by atoms with van der Waals surface area (Å²) in [7, 11) is 0. The number of nitro groups is 1. The SMILES string of the molecule is O=[N+]([O-])c1ccc(-c2nn[nH][n+]2-c2ccccc2)cc1.[Cl-]. The lowest BCUT2D eigenvalue weighted by molar-refractivity contribution is -0.649. The summed E-state index contributed by atoms with van der Waals surface area (Å²) in [5, 5.41) is 21.2. The summed E-state index contributed by atoms with van der Waals surface area (Å²) in [5.41, 5.74) is 1.67. The van der Waals surface area contributed by atoms with Crippen LogP contribution in [0.1, 0.15) is 0 Å². The molecule has 0 saturated carbocycles. The Morgan fingerprint density at radius 2 is 1.71 bits per heavy atom. The van der Waals surface area contributed by atoms with Gasteiger partial charge in [0.2, 0.25) is 0 Å². The second-order valence-electron chi connectivity index (χ2n) is 4.10. The third-order valence-electron chi connectivity index (χ3n) is 2.85. The van der Waals surface area contributed by atoms with E-state index in [1.807, 2.05) is 30.3 Å². The molecule has 7 nitrogen and oxygen atoms in total. The zero-order chi connectivity index (χ0) is 13.9. The standard InChI is InChI=1S/C13H9N5O2.ClH/c19-18(20)12-8-6-10(7-9-12)13-14-15-16-17(13)11-4-2-1-3-5-11;/h1-9H;1H. The number of nitrogens with zero attached hydrogens (tertiary/aromatic N) is 4. The largest absolute Gasteiger partial charge is 1.00 e. The van der Waals surface area contributed by atoms with E-state index < -0.39 is 4.92 Å². The molecule has 0 spiro atoms. The van der Waals surface area contributed by atoms with Crippen molar-refractivity contribution in [3.8, 4) is 17.1 Å². The average Bonchev–Trinajstić information content (AvgIpc) is 2.97. The molecule has 2 aromatic carbocycles. The van der Waals surface area contributed by atoms with E-state index in [4.69, 9.17) is 0 Å². The molecule has 21 heavy (non-hydrogen) atoms. The van der Waals surface area contributed by atoms with Crippen LogP contribution >= 0.6 is 0 Å². The molecule has 0 atom stereocenters. The quantitative estimate of drug-likeness (QED) is 0.368. The van der Waals surface area contributed by atoms with Gasteiger partial charge in [-0.05, 0) is 24.3 Å². The minimum Gasteiger partial charge on any atom is -1.00 e. The van der Waals surface area contributed by atoms with Gasteiger partial charge < -0.3 is 12.4 Å². The minimum atomic E-state index is -0.433. The van der Waals surface area contributed by atoms with Crippen LogP contribution in [0.3, 0.4) is 0 Å². The number of benzene rings is 2. The summed E-state index contributed by atoms with van der Waals surface area (Å²) in [4.78, 5) is 10.2. The van der Waals surface area contributed by atoms with E-state index in [9.17, 15) is 10.1 Å². The summed E-state index contributed by atoms with van der Waals surface area (Å²) >= 11 is 0. The molecule has 1 aromatic heterocycles. The number of hydrogen-bond donors (Lipinski definition) is 1. The van der Waals surface area contributed by atoms with Crippen molar-refractivity contribution < 1.29 is 22.0 Å². The Bertz CT molecular complexity index is 743. The summed E-state index contributed by atoms with van der Waals surface area (Å²) in [6, 6.07) is 15.7. The van der Waals surface area contributed by atoms with Gasteiger partial charge in [-0.25, -0.2) is 0 Å². The Hall–Kier alpha value is -2.80. The molecule has 3 rings (SSSR count). The molecule has 106 valence electrons. The predicted molar refractivity (Wildman–Crippen MR) is 70.0 cm³/mol. The highest BCUT2D eigenvalue weighted by atomic mass is 35.5. The van der Waals surface area contributed by atoms with Gasteiger partial charge in [0.15, 0.2) is 5.21 Å². The molecule has 0 aliphatic rings. The lowest BCUT2D eigenvalue weighted by Crippen LogP contribution is -3.00. The van der Waals surface area contributed by atoms with Crippen molar-refractivity contribution in [3.05, 3.63) is 64.7 Å². The third-order valence-corrected chi connectivity index (χ3v) is 2.85. The number of hydrogen-bond acceptors (Lipinski definition) is 4. The van der Waals surface area contributed by atoms with Gasteiger partial charge in [0.05, 0.1) is 10.5 Å². The van der Waals surface area contributed by atoms with E-state index in [0.717, 1.165) is 11.3 Å². The Kier molecular flexibility index (Phi) is 4.24. The van der Waals surface area contributed by atoms with Gasteiger partial charge in [-0.3, -0.25) is 10.1 Å². The van der Waals surface area contributed by atoms with Crippen molar-refractivity contribution >= 4 is 5.69 Å². The van der Waals surface area contributed by atoms with E-state index >= 15 is 0 Å². The molecular weight excluding hydrogens is 294 g/mol. The summed E-state index contributed by atoms with van der Waals surface area (Å²) < 4.78 is 1.71. The molecule has 3 aromatic rings. The molecule has 0 unspecified atom stereocenters. The summed E-state index contributed by atoms with van der Waals surface area (Å²) in [6.07, 6.45) is 0. The van der Waals surface area contributed by atoms with Gasteiger partial charge in [-0.2, -0.15) is 0 Å². The topological polar surface area (TPSA) is 88.6 Å². The minimum absolute atomic E-state index is 0. The van der Waals surface area contributed by atoms with Gasteiger partial charge in [0.25, 0.3) is 5.69 Å². The van der Waals surface area contributed by atoms with E-state index in [0.29, 0.717) is 5.82 Å². The number of aromatic nitrogens is 4. The Morgan fingerprint density at radius 1 is 1.05 bits per heavy atom. The Balaban J connectivity index is 0.00000161. The first kappa shape index (κ1) is 14.6. The first-order valence-corrected chi connectivity index (χ1v) is 5.89. The highest BCUT2D eigenvalue weighted by Gasteiger charge is 2.19. The van der Waals surface area contributed by atoms with E-state index in [1.165, 1.54) is 12.1 Å². The number of halogens is 1. The van der Waals surface area contributed by atoms with Crippen molar-refractivity contribution in [1.29, 1.82) is 0 Å². The van der Waals surface area contributed by atoms with Gasteiger partial charge in [0, 0.05) is 12.1 Å². The molecule has 1 N–H and O–H groups in total. The molecule has 0 fully saturated rings. The maximum Gasteiger partial charge on any atom is 0.337 e. The number of rotatable bonds is 3. The number of para-hydroxylation sites is 1. The Morgan fingerprint density at radius 3 is 2.33 bits per heavy atom. The summed E-state index contributed by atoms with van der Waals surface area (Å²) in [6.45, 7) is 0. The zero-order valence-corrected chi connectivity index (χ0v) is 11.4. The smallest absolute Gasteiger partial charge is 0.337 e. The van der Waals surface area contributed by atoms with Crippen LogP contribution in [0.2, 0.25) is 0 Å². The predicted octanol–water partition coefficient (Wildman–Crippen LogP) is -1.34. The van der Waals surface area contributed by atoms with Crippen LogP contribution in [0, 0.1) is 10.1 Å². The second-order valence-corrected chi connectivity index (χ2v) is 4.10. The zero-order valence-electron chi connectivity index (χ0n) is 10.7. The number of non-ortho nitro benzene ring substituents is 1. The lowest BCUT2D eigenvalue weighted by Gasteiger charge is -1.98. The van der Waals surface area contributed by atoms with Crippen LogP contribution in [0.15, 0.2) is 54.6 Å². The van der Waals surface area contributed by atoms with Crippen molar-refractivity contribution in [1.82, 2.24) is 15.5 Å². The molecule has 8 heteroatoms. The molecule has 0 amide bonds. The van der Waals surface area contributed by atoms with Gasteiger partial charge in [-0.1, -0.05) is 23.4 Å². The fraction of sp³-hybridized carbons (Fsp3) is 0. The van der Waals surface area contributed by atoms with Crippen LogP contribution in [0.5, 0.6) is 0 Å². The molecule has 0 radical (unpaired) electrons. The van der Waals surface area contributed by atoms with E-state index in [2.05, 4.69) is 15.5 Å². The number of aromatic amines is 1. The maximum absolute atomic E-state index is 10.7. The van der Waals surface area contributed by atoms with E-state index in [1.54, 1.807) is 16.8 Å². The molecular formula is C13H10ClN5O2. The molecule has 0 aliphatic heterocycles. The van der Waals surface area contributed by atoms with Gasteiger partial charge in [0.1, 0.15) is 10.8 Å². The lowest BCUT2D eigenvalue weighted by atomic mass is 10.2. The van der Waals surface area contributed by atoms with E-state index in [-0.39, 0.29) is 18.1 Å². The number of tetrazole rings is 1. The normalized spacial score (nSPS) is 9.90. The first-order valence-electron chi connectivity index (χ1n) is 5.89. The molecule has 0 aliphatic carbocycles. The van der Waals surface area contributed by atoms with Crippen LogP contribution in [0.4, 0.5) is 5.69 Å². The Labute approximate surface area is 125 Å². The highest BCUT2D eigenvalue weighted by molar-refractivity contribution is 5.54. The fourth-order valence-electron chi connectivity index (χ4n) is 1.88. The average molecular weight is 304 g/mol. The number of H-pyrrole nitrogens is 1. The first-order chi connectivity index (χ1) is 9.75. The third kappa shape index (κ3) is 2.87. The maximum atomic E-state index is 10.7. The number of nitro benzene ring substituents is 1. The van der Waals surface area contributed by atoms with Gasteiger partial charge >= 0.3 is 5.82 Å². The van der Waals surface area contributed by atoms with Crippen molar-refractivity contribution in [2.75, 3.05) is 0 Å². The monoisotopic (exact) mass is 303 g/mol. The molecule has 0 saturated heterocycles. The van der Waals surface area contributed by atoms with Crippen LogP contribution in [0.25, 0.3) is 17.1 Å². The number of nitrogens with one attached hydrogen (secondary N) is 1. The van der Waals surface area contributed by atoms with Crippen molar-refractivity contribution in [3.63, 3.8) is 0 Å². The highest BCUT2D eigenvalue weighted by Crippen LogP contribution is 2.18. The summed E-state index contributed by atoms with van der Waals surface area (Å²) in [5.74, 6) is 0.589. The molecule has 1 heterocycles. The molecule has 0 bridgehead atoms. The van der Waals surface area contributed by atoms with Crippen molar-refractivity contribution in [2.24, 2.45) is 0 Å².